The average Bonchev–Trinajstić information content (AvgIpc) is 3.06. The molecule has 1 atom stereocenters. The lowest BCUT2D eigenvalue weighted by molar-refractivity contribution is 0.684. The smallest absolute Gasteiger partial charge is 0.152 e. The first-order valence-electron chi connectivity index (χ1n) is 6.89. The average molecular weight is 286 g/mol. The predicted octanol–water partition coefficient (Wildman–Crippen LogP) is 4.05. The van der Waals surface area contributed by atoms with Crippen LogP contribution in [0.4, 0.5) is 5.82 Å². The maximum absolute atomic E-state index is 4.48. The van der Waals surface area contributed by atoms with Crippen LogP contribution in [-0.2, 0) is 0 Å². The van der Waals surface area contributed by atoms with Gasteiger partial charge in [0.05, 0.1) is 11.7 Å². The number of rotatable bonds is 5. The van der Waals surface area contributed by atoms with Crippen molar-refractivity contribution in [3.8, 4) is 0 Å². The van der Waals surface area contributed by atoms with E-state index in [9.17, 15) is 0 Å². The Kier molecular flexibility index (Phi) is 3.69. The Hall–Kier alpha value is -1.88. The van der Waals surface area contributed by atoms with E-state index in [0.717, 1.165) is 29.9 Å². The molecule has 3 aromatic heterocycles. The summed E-state index contributed by atoms with van der Waals surface area (Å²) in [6.45, 7) is 4.21. The van der Waals surface area contributed by atoms with Gasteiger partial charge in [-0.3, -0.25) is 0 Å². The number of aromatic nitrogens is 3. The second-order valence-corrected chi connectivity index (χ2v) is 5.87. The zero-order valence-corrected chi connectivity index (χ0v) is 12.5. The van der Waals surface area contributed by atoms with E-state index < -0.39 is 0 Å². The van der Waals surface area contributed by atoms with E-state index in [0.29, 0.717) is 6.04 Å². The normalized spacial score (nSPS) is 12.7. The summed E-state index contributed by atoms with van der Waals surface area (Å²) in [4.78, 5) is 5.84. The molecule has 0 spiro atoms. The van der Waals surface area contributed by atoms with E-state index in [1.165, 1.54) is 4.88 Å². The highest BCUT2D eigenvalue weighted by Crippen LogP contribution is 2.28. The molecule has 3 aromatic rings. The van der Waals surface area contributed by atoms with Crippen LogP contribution in [0.15, 0.2) is 36.0 Å². The van der Waals surface area contributed by atoms with E-state index in [-0.39, 0.29) is 0 Å². The molecule has 20 heavy (non-hydrogen) atoms. The molecule has 0 aliphatic carbocycles. The number of hydrogen-bond acceptors (Lipinski definition) is 4. The van der Waals surface area contributed by atoms with Gasteiger partial charge in [0, 0.05) is 17.3 Å². The third kappa shape index (κ3) is 2.54. The molecule has 0 aliphatic rings. The molecule has 104 valence electrons. The molecular formula is C15H18N4S. The van der Waals surface area contributed by atoms with Crippen LogP contribution >= 0.6 is 11.3 Å². The second-order valence-electron chi connectivity index (χ2n) is 4.89. The van der Waals surface area contributed by atoms with E-state index >= 15 is 0 Å². The summed E-state index contributed by atoms with van der Waals surface area (Å²) in [6.07, 6.45) is 5.90. The van der Waals surface area contributed by atoms with Crippen molar-refractivity contribution in [2.75, 3.05) is 5.32 Å². The molecule has 5 heteroatoms. The summed E-state index contributed by atoms with van der Waals surface area (Å²) in [6, 6.07) is 6.65. The van der Waals surface area contributed by atoms with Crippen molar-refractivity contribution in [1.82, 2.24) is 14.6 Å². The van der Waals surface area contributed by atoms with Crippen molar-refractivity contribution in [2.45, 2.75) is 32.7 Å². The highest BCUT2D eigenvalue weighted by atomic mass is 32.1. The molecule has 0 aliphatic heterocycles. The van der Waals surface area contributed by atoms with Crippen molar-refractivity contribution in [3.05, 3.63) is 46.5 Å². The Morgan fingerprint density at radius 2 is 2.35 bits per heavy atom. The molecule has 1 N–H and O–H groups in total. The lowest BCUT2D eigenvalue weighted by Gasteiger charge is -2.17. The fourth-order valence-electron chi connectivity index (χ4n) is 2.38. The highest BCUT2D eigenvalue weighted by molar-refractivity contribution is 7.10. The summed E-state index contributed by atoms with van der Waals surface area (Å²) in [5, 5.41) is 10.1. The summed E-state index contributed by atoms with van der Waals surface area (Å²) in [7, 11) is 0. The fourth-order valence-corrected chi connectivity index (χ4v) is 3.20. The molecule has 4 nitrogen and oxygen atoms in total. The van der Waals surface area contributed by atoms with Crippen LogP contribution in [-0.4, -0.2) is 14.6 Å². The Morgan fingerprint density at radius 3 is 3.10 bits per heavy atom. The molecule has 3 rings (SSSR count). The lowest BCUT2D eigenvalue weighted by atomic mass is 10.1. The number of anilines is 1. The van der Waals surface area contributed by atoms with Crippen LogP contribution in [0.2, 0.25) is 0 Å². The van der Waals surface area contributed by atoms with Crippen molar-refractivity contribution in [3.63, 3.8) is 0 Å². The number of thiophene rings is 1. The van der Waals surface area contributed by atoms with Gasteiger partial charge in [-0.15, -0.1) is 11.3 Å². The van der Waals surface area contributed by atoms with Crippen molar-refractivity contribution < 1.29 is 0 Å². The van der Waals surface area contributed by atoms with Gasteiger partial charge < -0.3 is 5.32 Å². The number of hydrogen-bond donors (Lipinski definition) is 1. The first kappa shape index (κ1) is 13.1. The van der Waals surface area contributed by atoms with Gasteiger partial charge in [-0.2, -0.15) is 5.10 Å². The van der Waals surface area contributed by atoms with Gasteiger partial charge >= 0.3 is 0 Å². The maximum Gasteiger partial charge on any atom is 0.152 e. The van der Waals surface area contributed by atoms with Crippen molar-refractivity contribution in [1.29, 1.82) is 0 Å². The minimum absolute atomic E-state index is 0.314. The van der Waals surface area contributed by atoms with Crippen LogP contribution < -0.4 is 5.32 Å². The van der Waals surface area contributed by atoms with Gasteiger partial charge in [0.1, 0.15) is 5.52 Å². The molecule has 1 unspecified atom stereocenters. The minimum Gasteiger partial charge on any atom is -0.361 e. The Morgan fingerprint density at radius 1 is 1.45 bits per heavy atom. The minimum atomic E-state index is 0.314. The van der Waals surface area contributed by atoms with Crippen LogP contribution in [0, 0.1) is 6.92 Å². The molecule has 0 amide bonds. The van der Waals surface area contributed by atoms with Gasteiger partial charge in [-0.25, -0.2) is 9.50 Å². The topological polar surface area (TPSA) is 42.2 Å². The van der Waals surface area contributed by atoms with Gasteiger partial charge in [-0.1, -0.05) is 19.4 Å². The molecule has 0 aromatic carbocycles. The van der Waals surface area contributed by atoms with Gasteiger partial charge in [0.15, 0.2) is 5.82 Å². The van der Waals surface area contributed by atoms with Crippen molar-refractivity contribution in [2.24, 2.45) is 0 Å². The lowest BCUT2D eigenvalue weighted by Crippen LogP contribution is -2.11. The number of fused-ring (bicyclic) bond motifs is 1. The Bertz CT molecular complexity index is 687. The Balaban J connectivity index is 1.94. The molecule has 3 heterocycles. The SMILES string of the molecule is CCCC(Nc1nccn2nc(C)cc12)c1cccs1. The zero-order valence-electron chi connectivity index (χ0n) is 11.7. The third-order valence-electron chi connectivity index (χ3n) is 3.29. The van der Waals surface area contributed by atoms with Crippen LogP contribution in [0.5, 0.6) is 0 Å². The van der Waals surface area contributed by atoms with Crippen LogP contribution in [0.1, 0.15) is 36.4 Å². The van der Waals surface area contributed by atoms with E-state index in [1.807, 2.05) is 17.6 Å². The third-order valence-corrected chi connectivity index (χ3v) is 4.27. The fraction of sp³-hybridized carbons (Fsp3) is 0.333. The first-order valence-corrected chi connectivity index (χ1v) is 7.77. The maximum atomic E-state index is 4.48. The molecule has 0 radical (unpaired) electrons. The van der Waals surface area contributed by atoms with Gasteiger partial charge in [0.2, 0.25) is 0 Å². The van der Waals surface area contributed by atoms with Crippen LogP contribution in [0.3, 0.4) is 0 Å². The largest absolute Gasteiger partial charge is 0.361 e. The number of nitrogens with zero attached hydrogens (tertiary/aromatic N) is 3. The van der Waals surface area contributed by atoms with E-state index in [4.69, 9.17) is 0 Å². The molecule has 0 bridgehead atoms. The number of aryl methyl sites for hydroxylation is 1. The van der Waals surface area contributed by atoms with Crippen molar-refractivity contribution >= 4 is 22.7 Å². The monoisotopic (exact) mass is 286 g/mol. The zero-order chi connectivity index (χ0) is 13.9. The number of nitrogens with one attached hydrogen (secondary N) is 1. The summed E-state index contributed by atoms with van der Waals surface area (Å²) in [5.41, 5.74) is 2.03. The van der Waals surface area contributed by atoms with Gasteiger partial charge in [0.25, 0.3) is 0 Å². The molecule has 0 saturated heterocycles. The molecule has 0 fully saturated rings. The Labute approximate surface area is 122 Å². The summed E-state index contributed by atoms with van der Waals surface area (Å²) < 4.78 is 1.88. The summed E-state index contributed by atoms with van der Waals surface area (Å²) in [5.74, 6) is 0.903. The van der Waals surface area contributed by atoms with Gasteiger partial charge in [-0.05, 0) is 30.9 Å². The van der Waals surface area contributed by atoms with E-state index in [1.54, 1.807) is 17.5 Å². The molecular weight excluding hydrogens is 268 g/mol. The van der Waals surface area contributed by atoms with Crippen LogP contribution in [0.25, 0.3) is 5.52 Å². The molecule has 0 saturated carbocycles. The second kappa shape index (κ2) is 5.63. The first-order chi connectivity index (χ1) is 9.78. The predicted molar refractivity (Wildman–Crippen MR) is 83.3 cm³/mol. The highest BCUT2D eigenvalue weighted by Gasteiger charge is 2.14. The summed E-state index contributed by atoms with van der Waals surface area (Å²) >= 11 is 1.79. The standard InChI is InChI=1S/C15H18N4S/c1-3-5-12(14-6-4-9-20-14)17-15-13-10-11(2)18-19(13)8-7-16-15/h4,6-10,12H,3,5H2,1-2H3,(H,16,17). The quantitative estimate of drug-likeness (QED) is 0.769. The van der Waals surface area contributed by atoms with E-state index in [2.05, 4.69) is 45.9 Å².